The molecule has 0 spiro atoms. The first-order chi connectivity index (χ1) is 9.47. The van der Waals surface area contributed by atoms with Gasteiger partial charge >= 0.3 is 5.97 Å². The van der Waals surface area contributed by atoms with E-state index >= 15 is 0 Å². The summed E-state index contributed by atoms with van der Waals surface area (Å²) in [5.74, 6) is -0.635. The van der Waals surface area contributed by atoms with Gasteiger partial charge in [-0.05, 0) is 31.5 Å². The molecular formula is C15H17ClN2O2. The number of hydrogen-bond acceptors (Lipinski definition) is 4. The van der Waals surface area contributed by atoms with Crippen molar-refractivity contribution in [2.45, 2.75) is 26.3 Å². The fourth-order valence-corrected chi connectivity index (χ4v) is 1.83. The molecule has 0 aliphatic heterocycles. The maximum absolute atomic E-state index is 11.6. The average Bonchev–Trinajstić information content (AvgIpc) is 2.41. The average molecular weight is 293 g/mol. The molecule has 0 atom stereocenters. The molecule has 0 saturated heterocycles. The molecule has 4 nitrogen and oxygen atoms in total. The van der Waals surface area contributed by atoms with Crippen LogP contribution in [0.1, 0.15) is 19.4 Å². The van der Waals surface area contributed by atoms with E-state index in [9.17, 15) is 4.79 Å². The second kappa shape index (κ2) is 7.56. The van der Waals surface area contributed by atoms with Crippen molar-refractivity contribution in [2.24, 2.45) is 0 Å². The Hall–Kier alpha value is -1.99. The molecule has 0 bridgehead atoms. The molecule has 0 unspecified atom stereocenters. The number of rotatable bonds is 5. The second-order valence-corrected chi connectivity index (χ2v) is 5.00. The van der Waals surface area contributed by atoms with Gasteiger partial charge < -0.3 is 10.1 Å². The number of methoxy groups -OCH3 is 1. The predicted octanol–water partition coefficient (Wildman–Crippen LogP) is 2.83. The van der Waals surface area contributed by atoms with Gasteiger partial charge in [0.15, 0.2) is 5.57 Å². The summed E-state index contributed by atoms with van der Waals surface area (Å²) in [6, 6.07) is 9.27. The Bertz CT molecular complexity index is 542. The van der Waals surface area contributed by atoms with Gasteiger partial charge in [0, 0.05) is 23.2 Å². The van der Waals surface area contributed by atoms with Crippen LogP contribution in [0.25, 0.3) is 0 Å². The summed E-state index contributed by atoms with van der Waals surface area (Å²) in [6.45, 7) is 3.88. The van der Waals surface area contributed by atoms with E-state index in [-0.39, 0.29) is 11.6 Å². The lowest BCUT2D eigenvalue weighted by molar-refractivity contribution is -0.135. The Labute approximate surface area is 124 Å². The van der Waals surface area contributed by atoms with Crippen LogP contribution in [0.4, 0.5) is 0 Å². The Morgan fingerprint density at radius 1 is 1.40 bits per heavy atom. The first-order valence-corrected chi connectivity index (χ1v) is 6.58. The summed E-state index contributed by atoms with van der Waals surface area (Å²) in [7, 11) is 1.26. The zero-order valence-corrected chi connectivity index (χ0v) is 12.5. The van der Waals surface area contributed by atoms with Gasteiger partial charge in [-0.15, -0.1) is 0 Å². The molecule has 1 N–H and O–H groups in total. The van der Waals surface area contributed by atoms with Crippen LogP contribution in [-0.2, 0) is 16.0 Å². The first kappa shape index (κ1) is 16.1. The van der Waals surface area contributed by atoms with Crippen LogP contribution in [0.2, 0.25) is 5.02 Å². The molecule has 0 aliphatic rings. The van der Waals surface area contributed by atoms with Crippen molar-refractivity contribution in [3.63, 3.8) is 0 Å². The van der Waals surface area contributed by atoms with Crippen molar-refractivity contribution in [3.8, 4) is 6.07 Å². The summed E-state index contributed by atoms with van der Waals surface area (Å²) < 4.78 is 4.64. The summed E-state index contributed by atoms with van der Waals surface area (Å²) >= 11 is 5.84. The summed E-state index contributed by atoms with van der Waals surface area (Å²) in [5.41, 5.74) is 1.50. The van der Waals surface area contributed by atoms with Crippen LogP contribution < -0.4 is 5.32 Å². The number of nitriles is 1. The lowest BCUT2D eigenvalue weighted by Crippen LogP contribution is -2.26. The topological polar surface area (TPSA) is 62.1 Å². The summed E-state index contributed by atoms with van der Waals surface area (Å²) in [6.07, 6.45) is 0.438. The van der Waals surface area contributed by atoms with Gasteiger partial charge in [-0.2, -0.15) is 5.26 Å². The number of nitrogens with zero attached hydrogens (tertiary/aromatic N) is 1. The molecule has 0 aromatic heterocycles. The number of ether oxygens (including phenoxy) is 1. The molecule has 0 amide bonds. The Morgan fingerprint density at radius 3 is 2.45 bits per heavy atom. The van der Waals surface area contributed by atoms with Crippen molar-refractivity contribution in [2.75, 3.05) is 7.11 Å². The van der Waals surface area contributed by atoms with Crippen LogP contribution in [0.5, 0.6) is 0 Å². The van der Waals surface area contributed by atoms with Crippen LogP contribution in [-0.4, -0.2) is 19.1 Å². The van der Waals surface area contributed by atoms with Crippen LogP contribution in [0.3, 0.4) is 0 Å². The Kier molecular flexibility index (Phi) is 6.08. The highest BCUT2D eigenvalue weighted by atomic mass is 35.5. The fourth-order valence-electron chi connectivity index (χ4n) is 1.70. The predicted molar refractivity (Wildman–Crippen MR) is 78.1 cm³/mol. The minimum atomic E-state index is -0.635. The number of carbonyl (C=O) groups is 1. The highest BCUT2D eigenvalue weighted by molar-refractivity contribution is 6.30. The number of nitrogens with one attached hydrogen (secondary N) is 1. The van der Waals surface area contributed by atoms with Crippen molar-refractivity contribution in [1.29, 1.82) is 5.26 Å². The standard InChI is InChI=1S/C15H17ClN2O2/c1-10(2)18-14(13(9-17)15(19)20-3)8-11-4-6-12(16)7-5-11/h4-7,10,18H,8H2,1-3H3/b14-13-. The van der Waals surface area contributed by atoms with Gasteiger partial charge in [0.1, 0.15) is 6.07 Å². The fraction of sp³-hybridized carbons (Fsp3) is 0.333. The van der Waals surface area contributed by atoms with E-state index in [0.29, 0.717) is 17.1 Å². The lowest BCUT2D eigenvalue weighted by Gasteiger charge is -2.16. The van der Waals surface area contributed by atoms with Crippen molar-refractivity contribution in [3.05, 3.63) is 46.1 Å². The van der Waals surface area contributed by atoms with Crippen LogP contribution in [0, 0.1) is 11.3 Å². The third-order valence-corrected chi connectivity index (χ3v) is 2.81. The number of carbonyl (C=O) groups excluding carboxylic acids is 1. The van der Waals surface area contributed by atoms with Crippen LogP contribution in [0.15, 0.2) is 35.5 Å². The molecule has 1 aromatic carbocycles. The number of hydrogen-bond donors (Lipinski definition) is 1. The minimum absolute atomic E-state index is 0.00356. The summed E-state index contributed by atoms with van der Waals surface area (Å²) in [4.78, 5) is 11.6. The van der Waals surface area contributed by atoms with Crippen LogP contribution >= 0.6 is 11.6 Å². The molecule has 5 heteroatoms. The van der Waals surface area contributed by atoms with Crippen molar-refractivity contribution >= 4 is 17.6 Å². The molecule has 1 aromatic rings. The van der Waals surface area contributed by atoms with E-state index < -0.39 is 5.97 Å². The molecule has 0 fully saturated rings. The van der Waals surface area contributed by atoms with E-state index in [1.165, 1.54) is 7.11 Å². The number of halogens is 1. The zero-order chi connectivity index (χ0) is 15.1. The second-order valence-electron chi connectivity index (χ2n) is 4.56. The molecule has 0 saturated carbocycles. The molecule has 0 aliphatic carbocycles. The quantitative estimate of drug-likeness (QED) is 0.515. The SMILES string of the molecule is COC(=O)/C(C#N)=C(/Cc1ccc(Cl)cc1)NC(C)C. The molecule has 0 heterocycles. The van der Waals surface area contributed by atoms with Crippen molar-refractivity contribution in [1.82, 2.24) is 5.32 Å². The normalized spacial score (nSPS) is 11.6. The third kappa shape index (κ3) is 4.60. The lowest BCUT2D eigenvalue weighted by atomic mass is 10.1. The van der Waals surface area contributed by atoms with E-state index in [0.717, 1.165) is 5.56 Å². The zero-order valence-electron chi connectivity index (χ0n) is 11.7. The smallest absolute Gasteiger partial charge is 0.350 e. The van der Waals surface area contributed by atoms with E-state index in [1.54, 1.807) is 12.1 Å². The molecule has 0 radical (unpaired) electrons. The van der Waals surface area contributed by atoms with Gasteiger partial charge in [0.25, 0.3) is 0 Å². The highest BCUT2D eigenvalue weighted by Crippen LogP contribution is 2.15. The number of allylic oxidation sites excluding steroid dienone is 1. The third-order valence-electron chi connectivity index (χ3n) is 2.56. The Morgan fingerprint density at radius 2 is 2.00 bits per heavy atom. The molecule has 106 valence electrons. The molecule has 1 rings (SSSR count). The van der Waals surface area contributed by atoms with Gasteiger partial charge in [0.05, 0.1) is 7.11 Å². The molecular weight excluding hydrogens is 276 g/mol. The number of esters is 1. The van der Waals surface area contributed by atoms with E-state index in [4.69, 9.17) is 16.9 Å². The summed E-state index contributed by atoms with van der Waals surface area (Å²) in [5, 5.41) is 12.9. The minimum Gasteiger partial charge on any atom is -0.465 e. The number of benzene rings is 1. The maximum atomic E-state index is 11.6. The van der Waals surface area contributed by atoms with E-state index in [1.807, 2.05) is 32.0 Å². The highest BCUT2D eigenvalue weighted by Gasteiger charge is 2.17. The van der Waals surface area contributed by atoms with Gasteiger partial charge in [0.2, 0.25) is 0 Å². The Balaban J connectivity index is 3.12. The maximum Gasteiger partial charge on any atom is 0.350 e. The first-order valence-electron chi connectivity index (χ1n) is 6.20. The van der Waals surface area contributed by atoms with Gasteiger partial charge in [-0.1, -0.05) is 23.7 Å². The monoisotopic (exact) mass is 292 g/mol. The largest absolute Gasteiger partial charge is 0.465 e. The van der Waals surface area contributed by atoms with Gasteiger partial charge in [-0.25, -0.2) is 4.79 Å². The van der Waals surface area contributed by atoms with Crippen molar-refractivity contribution < 1.29 is 9.53 Å². The van der Waals surface area contributed by atoms with E-state index in [2.05, 4.69) is 10.1 Å². The molecule has 20 heavy (non-hydrogen) atoms. The van der Waals surface area contributed by atoms with Gasteiger partial charge in [-0.3, -0.25) is 0 Å².